The van der Waals surface area contributed by atoms with Gasteiger partial charge in [-0.05, 0) is 65.7 Å². The number of amides is 1. The maximum Gasteiger partial charge on any atom is 0.254 e. The molecule has 1 amide bonds. The Morgan fingerprint density at radius 1 is 1.11 bits per heavy atom. The molecule has 1 aliphatic heterocycles. The first kappa shape index (κ1) is 18.0. The normalized spacial score (nSPS) is 16.2. The number of hydrogen-bond acceptors (Lipinski definition) is 6. The lowest BCUT2D eigenvalue weighted by molar-refractivity contribution is 0.0734. The van der Waals surface area contributed by atoms with Gasteiger partial charge in [0.15, 0.2) is 0 Å². The van der Waals surface area contributed by atoms with Crippen LogP contribution in [0.4, 0.5) is 0 Å². The predicted molar refractivity (Wildman–Crippen MR) is 102 cm³/mol. The summed E-state index contributed by atoms with van der Waals surface area (Å²) in [4.78, 5) is 15.1. The smallest absolute Gasteiger partial charge is 0.254 e. The van der Waals surface area contributed by atoms with Gasteiger partial charge in [0.2, 0.25) is 0 Å². The average molecular weight is 379 g/mol. The van der Waals surface area contributed by atoms with E-state index in [-0.39, 0.29) is 11.9 Å². The van der Waals surface area contributed by atoms with Crippen LogP contribution in [0, 0.1) is 0 Å². The molecule has 0 aliphatic carbocycles. The number of methoxy groups -OCH3 is 2. The van der Waals surface area contributed by atoms with Gasteiger partial charge >= 0.3 is 0 Å². The first-order valence-electron chi connectivity index (χ1n) is 9.07. The molecule has 1 aliphatic rings. The van der Waals surface area contributed by atoms with Crippen LogP contribution < -0.4 is 9.47 Å². The lowest BCUT2D eigenvalue weighted by atomic mass is 10.0. The van der Waals surface area contributed by atoms with Crippen LogP contribution in [0.2, 0.25) is 0 Å². The Hall–Kier alpha value is -3.42. The molecule has 28 heavy (non-hydrogen) atoms. The number of likely N-dealkylation sites (tertiary alicyclic amines) is 1. The van der Waals surface area contributed by atoms with Crippen LogP contribution in [0.5, 0.6) is 11.5 Å². The Morgan fingerprint density at radius 2 is 1.93 bits per heavy atom. The molecule has 1 aromatic heterocycles. The molecular formula is C20H21N5O3. The second kappa shape index (κ2) is 7.67. The van der Waals surface area contributed by atoms with E-state index in [0.29, 0.717) is 12.1 Å². The van der Waals surface area contributed by atoms with Crippen molar-refractivity contribution in [3.63, 3.8) is 0 Å². The molecule has 1 saturated heterocycles. The van der Waals surface area contributed by atoms with Crippen LogP contribution in [0.1, 0.15) is 34.8 Å². The highest BCUT2D eigenvalue weighted by Crippen LogP contribution is 2.39. The number of carbonyl (C=O) groups is 1. The van der Waals surface area contributed by atoms with Gasteiger partial charge < -0.3 is 14.4 Å². The fourth-order valence-electron chi connectivity index (χ4n) is 3.64. The van der Waals surface area contributed by atoms with E-state index in [1.807, 2.05) is 35.2 Å². The summed E-state index contributed by atoms with van der Waals surface area (Å²) in [6.07, 6.45) is 3.35. The molecule has 0 bridgehead atoms. The van der Waals surface area contributed by atoms with Gasteiger partial charge in [-0.1, -0.05) is 0 Å². The lowest BCUT2D eigenvalue weighted by Crippen LogP contribution is -2.30. The minimum atomic E-state index is -0.0447. The quantitative estimate of drug-likeness (QED) is 0.678. The molecule has 0 radical (unpaired) electrons. The van der Waals surface area contributed by atoms with Gasteiger partial charge in [0.1, 0.15) is 17.8 Å². The van der Waals surface area contributed by atoms with Gasteiger partial charge in [0, 0.05) is 17.7 Å². The zero-order valence-electron chi connectivity index (χ0n) is 15.8. The van der Waals surface area contributed by atoms with E-state index >= 15 is 0 Å². The number of benzene rings is 2. The van der Waals surface area contributed by atoms with Crippen molar-refractivity contribution in [1.82, 2.24) is 25.1 Å². The van der Waals surface area contributed by atoms with Crippen LogP contribution in [0.15, 0.2) is 48.8 Å². The predicted octanol–water partition coefficient (Wildman–Crippen LogP) is 2.66. The molecule has 2 aromatic carbocycles. The van der Waals surface area contributed by atoms with Crippen LogP contribution >= 0.6 is 0 Å². The summed E-state index contributed by atoms with van der Waals surface area (Å²) in [7, 11) is 3.28. The fraction of sp³-hybridized carbons (Fsp3) is 0.300. The highest BCUT2D eigenvalue weighted by molar-refractivity contribution is 5.95. The maximum atomic E-state index is 13.2. The van der Waals surface area contributed by atoms with Crippen LogP contribution in [-0.4, -0.2) is 51.8 Å². The summed E-state index contributed by atoms with van der Waals surface area (Å²) in [5.74, 6) is 1.51. The van der Waals surface area contributed by atoms with E-state index in [9.17, 15) is 4.79 Å². The van der Waals surface area contributed by atoms with Crippen molar-refractivity contribution in [2.24, 2.45) is 0 Å². The van der Waals surface area contributed by atoms with E-state index in [2.05, 4.69) is 15.5 Å². The third-order valence-corrected chi connectivity index (χ3v) is 5.04. The Balaban J connectivity index is 1.61. The van der Waals surface area contributed by atoms with E-state index in [0.717, 1.165) is 35.6 Å². The molecular weight excluding hydrogens is 358 g/mol. The number of carbonyl (C=O) groups excluding carboxylic acids is 1. The molecule has 0 N–H and O–H groups in total. The Bertz CT molecular complexity index is 956. The number of nitrogens with zero attached hydrogens (tertiary/aromatic N) is 5. The SMILES string of the molecule is COc1ccc(OC)c([C@H]2CCCN2C(=O)c2ccc(-n3cnnn3)cc2)c1. The Labute approximate surface area is 162 Å². The number of ether oxygens (including phenoxy) is 2. The summed E-state index contributed by atoms with van der Waals surface area (Å²) in [6, 6.07) is 12.9. The van der Waals surface area contributed by atoms with E-state index in [1.165, 1.54) is 6.33 Å². The molecule has 0 spiro atoms. The molecule has 3 aromatic rings. The van der Waals surface area contributed by atoms with Gasteiger partial charge in [-0.2, -0.15) is 0 Å². The molecule has 1 fully saturated rings. The summed E-state index contributed by atoms with van der Waals surface area (Å²) in [6.45, 7) is 0.707. The van der Waals surface area contributed by atoms with E-state index < -0.39 is 0 Å². The number of tetrazole rings is 1. The zero-order chi connectivity index (χ0) is 19.5. The zero-order valence-corrected chi connectivity index (χ0v) is 15.8. The third-order valence-electron chi connectivity index (χ3n) is 5.04. The standard InChI is InChI=1S/C20H21N5O3/c1-27-16-9-10-19(28-2)17(12-16)18-4-3-11-24(18)20(26)14-5-7-15(8-6-14)25-13-21-22-23-25/h5-10,12-13,18H,3-4,11H2,1-2H3/t18-/m1/s1. The van der Waals surface area contributed by atoms with Gasteiger partial charge in [-0.25, -0.2) is 4.68 Å². The summed E-state index contributed by atoms with van der Waals surface area (Å²) >= 11 is 0. The maximum absolute atomic E-state index is 13.2. The topological polar surface area (TPSA) is 82.4 Å². The van der Waals surface area contributed by atoms with Crippen LogP contribution in [0.3, 0.4) is 0 Å². The minimum Gasteiger partial charge on any atom is -0.497 e. The second-order valence-corrected chi connectivity index (χ2v) is 6.57. The molecule has 144 valence electrons. The molecule has 1 atom stereocenters. The summed E-state index contributed by atoms with van der Waals surface area (Å²) in [5.41, 5.74) is 2.40. The van der Waals surface area contributed by atoms with Gasteiger partial charge in [-0.3, -0.25) is 4.79 Å². The molecule has 0 unspecified atom stereocenters. The highest BCUT2D eigenvalue weighted by Gasteiger charge is 2.32. The van der Waals surface area contributed by atoms with Crippen molar-refractivity contribution < 1.29 is 14.3 Å². The van der Waals surface area contributed by atoms with Gasteiger partial charge in [0.05, 0.1) is 25.9 Å². The summed E-state index contributed by atoms with van der Waals surface area (Å²) in [5, 5.41) is 11.1. The monoisotopic (exact) mass is 379 g/mol. The van der Waals surface area contributed by atoms with Crippen molar-refractivity contribution in [2.75, 3.05) is 20.8 Å². The second-order valence-electron chi connectivity index (χ2n) is 6.57. The van der Waals surface area contributed by atoms with Gasteiger partial charge in [-0.15, -0.1) is 5.10 Å². The first-order chi connectivity index (χ1) is 13.7. The molecule has 4 rings (SSSR count). The molecule has 8 heteroatoms. The number of rotatable bonds is 5. The van der Waals surface area contributed by atoms with Crippen molar-refractivity contribution >= 4 is 5.91 Å². The first-order valence-corrected chi connectivity index (χ1v) is 9.07. The molecule has 0 saturated carbocycles. The highest BCUT2D eigenvalue weighted by atomic mass is 16.5. The third kappa shape index (κ3) is 3.28. The minimum absolute atomic E-state index is 0.00404. The fourth-order valence-corrected chi connectivity index (χ4v) is 3.64. The Morgan fingerprint density at radius 3 is 2.61 bits per heavy atom. The summed E-state index contributed by atoms with van der Waals surface area (Å²) < 4.78 is 12.4. The number of hydrogen-bond donors (Lipinski definition) is 0. The van der Waals surface area contributed by atoms with Crippen molar-refractivity contribution in [2.45, 2.75) is 18.9 Å². The number of aromatic nitrogens is 4. The average Bonchev–Trinajstić information content (AvgIpc) is 3.45. The van der Waals surface area contributed by atoms with Crippen LogP contribution in [-0.2, 0) is 0 Å². The molecule has 8 nitrogen and oxygen atoms in total. The van der Waals surface area contributed by atoms with Crippen LogP contribution in [0.25, 0.3) is 5.69 Å². The van der Waals surface area contributed by atoms with E-state index in [4.69, 9.17) is 9.47 Å². The van der Waals surface area contributed by atoms with Crippen molar-refractivity contribution in [3.05, 3.63) is 59.9 Å². The van der Waals surface area contributed by atoms with Crippen molar-refractivity contribution in [3.8, 4) is 17.2 Å². The van der Waals surface area contributed by atoms with E-state index in [1.54, 1.807) is 31.0 Å². The lowest BCUT2D eigenvalue weighted by Gasteiger charge is -2.27. The Kier molecular flexibility index (Phi) is 4.92. The van der Waals surface area contributed by atoms with Crippen molar-refractivity contribution in [1.29, 1.82) is 0 Å². The largest absolute Gasteiger partial charge is 0.497 e. The molecule has 2 heterocycles. The van der Waals surface area contributed by atoms with Gasteiger partial charge in [0.25, 0.3) is 5.91 Å².